The molecule has 0 spiro atoms. The van der Waals surface area contributed by atoms with Crippen molar-refractivity contribution in [2.45, 2.75) is 32.7 Å². The van der Waals surface area contributed by atoms with E-state index in [1.54, 1.807) is 0 Å². The van der Waals surface area contributed by atoms with Crippen LogP contribution in [0.3, 0.4) is 0 Å². The maximum Gasteiger partial charge on any atom is 0.0112 e. The maximum atomic E-state index is 3.94. The molecule has 0 rings (SSSR count). The Hall–Kier alpha value is 0.0500. The molecular formula is C10H21NS. The lowest BCUT2D eigenvalue weighted by Gasteiger charge is -2.16. The lowest BCUT2D eigenvalue weighted by atomic mass is 10.1. The van der Waals surface area contributed by atoms with Crippen molar-refractivity contribution in [1.82, 2.24) is 5.32 Å². The molecule has 1 nitrogen and oxygen atoms in total. The minimum absolute atomic E-state index is 0.639. The summed E-state index contributed by atoms with van der Waals surface area (Å²) in [7, 11) is 0. The van der Waals surface area contributed by atoms with Gasteiger partial charge in [-0.05, 0) is 38.3 Å². The molecule has 0 aliphatic rings. The van der Waals surface area contributed by atoms with Gasteiger partial charge in [0.05, 0.1) is 0 Å². The zero-order valence-corrected chi connectivity index (χ0v) is 9.34. The van der Waals surface area contributed by atoms with E-state index >= 15 is 0 Å². The van der Waals surface area contributed by atoms with Gasteiger partial charge in [-0.1, -0.05) is 12.5 Å². The number of hydrogen-bond donors (Lipinski definition) is 1. The highest BCUT2D eigenvalue weighted by atomic mass is 32.2. The molecule has 0 fully saturated rings. The summed E-state index contributed by atoms with van der Waals surface area (Å²) in [5.74, 6) is 1.24. The molecule has 0 radical (unpaired) electrons. The van der Waals surface area contributed by atoms with Crippen molar-refractivity contribution < 1.29 is 0 Å². The van der Waals surface area contributed by atoms with Gasteiger partial charge in [0.15, 0.2) is 0 Å². The van der Waals surface area contributed by atoms with Crippen LogP contribution in [0.1, 0.15) is 26.7 Å². The van der Waals surface area contributed by atoms with Crippen molar-refractivity contribution in [3.8, 4) is 0 Å². The van der Waals surface area contributed by atoms with Crippen molar-refractivity contribution >= 4 is 11.8 Å². The fourth-order valence-electron chi connectivity index (χ4n) is 1.25. The third kappa shape index (κ3) is 6.74. The topological polar surface area (TPSA) is 12.0 Å². The van der Waals surface area contributed by atoms with Gasteiger partial charge in [-0.15, -0.1) is 6.58 Å². The molecule has 0 amide bonds. The molecule has 72 valence electrons. The molecule has 0 heterocycles. The third-order valence-electron chi connectivity index (χ3n) is 1.76. The van der Waals surface area contributed by atoms with E-state index in [1.807, 2.05) is 11.8 Å². The number of rotatable bonds is 7. The van der Waals surface area contributed by atoms with Crippen LogP contribution < -0.4 is 5.32 Å². The summed E-state index contributed by atoms with van der Waals surface area (Å²) < 4.78 is 0. The van der Waals surface area contributed by atoms with Crippen molar-refractivity contribution in [3.63, 3.8) is 0 Å². The Morgan fingerprint density at radius 1 is 1.58 bits per heavy atom. The maximum absolute atomic E-state index is 3.94. The molecule has 0 aromatic rings. The summed E-state index contributed by atoms with van der Waals surface area (Å²) in [6.45, 7) is 9.26. The molecule has 0 aromatic heterocycles. The van der Waals surface area contributed by atoms with Crippen LogP contribution in [0, 0.1) is 0 Å². The molecule has 12 heavy (non-hydrogen) atoms. The molecule has 0 bridgehead atoms. The van der Waals surface area contributed by atoms with Gasteiger partial charge in [0.25, 0.3) is 0 Å². The first-order valence-electron chi connectivity index (χ1n) is 4.57. The van der Waals surface area contributed by atoms with E-state index in [1.165, 1.54) is 17.7 Å². The highest BCUT2D eigenvalue weighted by Gasteiger charge is 2.05. The van der Waals surface area contributed by atoms with Crippen LogP contribution in [0.15, 0.2) is 12.2 Å². The Labute approximate surface area is 81.0 Å². The highest BCUT2D eigenvalue weighted by Crippen LogP contribution is 2.08. The molecule has 0 aromatic carbocycles. The monoisotopic (exact) mass is 187 g/mol. The predicted octanol–water partition coefficient (Wildman–Crippen LogP) is 2.68. The van der Waals surface area contributed by atoms with Crippen molar-refractivity contribution in [1.29, 1.82) is 0 Å². The molecule has 0 saturated carbocycles. The summed E-state index contributed by atoms with van der Waals surface area (Å²) in [5.41, 5.74) is 1.28. The molecule has 0 aliphatic heterocycles. The summed E-state index contributed by atoms with van der Waals surface area (Å²) in [4.78, 5) is 0. The van der Waals surface area contributed by atoms with Gasteiger partial charge in [-0.3, -0.25) is 0 Å². The fourth-order valence-corrected chi connectivity index (χ4v) is 1.77. The van der Waals surface area contributed by atoms with E-state index in [0.29, 0.717) is 6.04 Å². The van der Waals surface area contributed by atoms with Crippen LogP contribution in [0.4, 0.5) is 0 Å². The lowest BCUT2D eigenvalue weighted by molar-refractivity contribution is 0.512. The average molecular weight is 187 g/mol. The van der Waals surface area contributed by atoms with Crippen LogP contribution in [0.2, 0.25) is 0 Å². The molecule has 1 unspecified atom stereocenters. The van der Waals surface area contributed by atoms with Crippen molar-refractivity contribution in [2.75, 3.05) is 18.6 Å². The standard InChI is InChI=1S/C10H21NS/c1-5-11-10(6-7-12-4)8-9(2)3/h10-11H,2,5-8H2,1,3-4H3. The first kappa shape index (κ1) is 12.0. The van der Waals surface area contributed by atoms with Crippen LogP contribution in [0.5, 0.6) is 0 Å². The summed E-state index contributed by atoms with van der Waals surface area (Å²) in [6, 6.07) is 0.639. The molecule has 0 aliphatic carbocycles. The zero-order chi connectivity index (χ0) is 9.40. The largest absolute Gasteiger partial charge is 0.314 e. The fraction of sp³-hybridized carbons (Fsp3) is 0.800. The van der Waals surface area contributed by atoms with E-state index < -0.39 is 0 Å². The lowest BCUT2D eigenvalue weighted by Crippen LogP contribution is -2.29. The zero-order valence-electron chi connectivity index (χ0n) is 8.52. The Bertz CT molecular complexity index is 123. The van der Waals surface area contributed by atoms with Gasteiger partial charge in [0.1, 0.15) is 0 Å². The van der Waals surface area contributed by atoms with Gasteiger partial charge in [-0.25, -0.2) is 0 Å². The summed E-state index contributed by atoms with van der Waals surface area (Å²) >= 11 is 1.91. The summed E-state index contributed by atoms with van der Waals surface area (Å²) in [5, 5.41) is 3.47. The molecule has 0 saturated heterocycles. The van der Waals surface area contributed by atoms with E-state index in [4.69, 9.17) is 0 Å². The SMILES string of the molecule is C=C(C)CC(CCSC)NCC. The minimum Gasteiger partial charge on any atom is -0.314 e. The Kier molecular flexibility index (Phi) is 7.72. The first-order chi connectivity index (χ1) is 5.70. The van der Waals surface area contributed by atoms with Gasteiger partial charge >= 0.3 is 0 Å². The Morgan fingerprint density at radius 2 is 2.25 bits per heavy atom. The van der Waals surface area contributed by atoms with Crippen LogP contribution in [-0.2, 0) is 0 Å². The minimum atomic E-state index is 0.639. The van der Waals surface area contributed by atoms with E-state index in [2.05, 4.69) is 32.0 Å². The van der Waals surface area contributed by atoms with Gasteiger partial charge < -0.3 is 5.32 Å². The van der Waals surface area contributed by atoms with Gasteiger partial charge in [-0.2, -0.15) is 11.8 Å². The average Bonchev–Trinajstić information content (AvgIpc) is 2.00. The highest BCUT2D eigenvalue weighted by molar-refractivity contribution is 7.98. The van der Waals surface area contributed by atoms with Crippen LogP contribution >= 0.6 is 11.8 Å². The third-order valence-corrected chi connectivity index (χ3v) is 2.40. The first-order valence-corrected chi connectivity index (χ1v) is 5.96. The van der Waals surface area contributed by atoms with Gasteiger partial charge in [0, 0.05) is 6.04 Å². The van der Waals surface area contributed by atoms with E-state index in [0.717, 1.165) is 13.0 Å². The number of thioether (sulfide) groups is 1. The van der Waals surface area contributed by atoms with Crippen LogP contribution in [0.25, 0.3) is 0 Å². The normalized spacial score (nSPS) is 12.9. The Morgan fingerprint density at radius 3 is 2.67 bits per heavy atom. The molecular weight excluding hydrogens is 166 g/mol. The van der Waals surface area contributed by atoms with Crippen molar-refractivity contribution in [2.24, 2.45) is 0 Å². The van der Waals surface area contributed by atoms with Crippen molar-refractivity contribution in [3.05, 3.63) is 12.2 Å². The number of nitrogens with one attached hydrogen (secondary N) is 1. The van der Waals surface area contributed by atoms with Crippen LogP contribution in [-0.4, -0.2) is 24.6 Å². The second-order valence-corrected chi connectivity index (χ2v) is 4.18. The second-order valence-electron chi connectivity index (χ2n) is 3.20. The smallest absolute Gasteiger partial charge is 0.0112 e. The summed E-state index contributed by atoms with van der Waals surface area (Å²) in [6.07, 6.45) is 4.53. The predicted molar refractivity (Wildman–Crippen MR) is 59.9 cm³/mol. The van der Waals surface area contributed by atoms with E-state index in [9.17, 15) is 0 Å². The Balaban J connectivity index is 3.61. The van der Waals surface area contributed by atoms with E-state index in [-0.39, 0.29) is 0 Å². The second kappa shape index (κ2) is 7.69. The molecule has 2 heteroatoms. The molecule has 1 atom stereocenters. The molecule has 1 N–H and O–H groups in total. The quantitative estimate of drug-likeness (QED) is 0.615. The van der Waals surface area contributed by atoms with Gasteiger partial charge in [0.2, 0.25) is 0 Å². The number of hydrogen-bond acceptors (Lipinski definition) is 2.